The van der Waals surface area contributed by atoms with E-state index in [1.807, 2.05) is 0 Å². The SMILES string of the molecule is CC1=C(C)C(C)=C(C)[C]1C1C=C(c2cc3ccccc3c3ccccc23)c2ccccc21. The zero-order valence-electron chi connectivity index (χ0n) is 19.2. The highest BCUT2D eigenvalue weighted by atomic mass is 14.4. The molecule has 155 valence electrons. The van der Waals surface area contributed by atoms with Crippen molar-refractivity contribution in [1.82, 2.24) is 0 Å². The zero-order valence-corrected chi connectivity index (χ0v) is 19.2. The second-order valence-electron chi connectivity index (χ2n) is 9.25. The van der Waals surface area contributed by atoms with Gasteiger partial charge in [0.1, 0.15) is 0 Å². The van der Waals surface area contributed by atoms with E-state index in [1.165, 1.54) is 72.0 Å². The Kier molecular flexibility index (Phi) is 4.27. The van der Waals surface area contributed by atoms with Crippen LogP contribution in [0.25, 0.3) is 27.1 Å². The minimum atomic E-state index is 0.304. The first kappa shape index (κ1) is 19.3. The maximum Gasteiger partial charge on any atom is 0.0370 e. The highest BCUT2D eigenvalue weighted by Gasteiger charge is 2.36. The maximum absolute atomic E-state index is 2.52. The molecule has 0 nitrogen and oxygen atoms in total. The van der Waals surface area contributed by atoms with E-state index in [0.29, 0.717) is 5.92 Å². The van der Waals surface area contributed by atoms with E-state index in [2.05, 4.69) is 113 Å². The molecular formula is C32H27. The molecule has 4 aromatic carbocycles. The van der Waals surface area contributed by atoms with E-state index in [-0.39, 0.29) is 0 Å². The van der Waals surface area contributed by atoms with Gasteiger partial charge in [0.25, 0.3) is 0 Å². The van der Waals surface area contributed by atoms with Crippen LogP contribution in [-0.4, -0.2) is 0 Å². The van der Waals surface area contributed by atoms with Crippen LogP contribution in [0.1, 0.15) is 50.3 Å². The lowest BCUT2D eigenvalue weighted by molar-refractivity contribution is 0.898. The molecule has 1 atom stereocenters. The fourth-order valence-electron chi connectivity index (χ4n) is 5.82. The highest BCUT2D eigenvalue weighted by Crippen LogP contribution is 2.53. The van der Waals surface area contributed by atoms with E-state index in [0.717, 1.165) is 0 Å². The first-order chi connectivity index (χ1) is 15.6. The largest absolute Gasteiger partial charge is 0.0672 e. The summed E-state index contributed by atoms with van der Waals surface area (Å²) in [6.07, 6.45) is 2.52. The highest BCUT2D eigenvalue weighted by molar-refractivity contribution is 6.13. The van der Waals surface area contributed by atoms with Crippen molar-refractivity contribution in [3.05, 3.63) is 130 Å². The molecule has 0 amide bonds. The van der Waals surface area contributed by atoms with Gasteiger partial charge >= 0.3 is 0 Å². The lowest BCUT2D eigenvalue weighted by Gasteiger charge is -2.22. The average molecular weight is 412 g/mol. The topological polar surface area (TPSA) is 0 Å². The smallest absolute Gasteiger partial charge is 0.0370 e. The molecule has 0 saturated carbocycles. The van der Waals surface area contributed by atoms with E-state index >= 15 is 0 Å². The summed E-state index contributed by atoms with van der Waals surface area (Å²) >= 11 is 0. The number of hydrogen-bond acceptors (Lipinski definition) is 0. The van der Waals surface area contributed by atoms with Gasteiger partial charge < -0.3 is 0 Å². The summed E-state index contributed by atoms with van der Waals surface area (Å²) in [4.78, 5) is 0. The van der Waals surface area contributed by atoms with Crippen molar-refractivity contribution in [3.63, 3.8) is 0 Å². The molecule has 2 aliphatic carbocycles. The number of fused-ring (bicyclic) bond motifs is 4. The van der Waals surface area contributed by atoms with Crippen LogP contribution in [0, 0.1) is 5.92 Å². The van der Waals surface area contributed by atoms with Gasteiger partial charge in [-0.1, -0.05) is 90.0 Å². The number of rotatable bonds is 2. The van der Waals surface area contributed by atoms with E-state index < -0.39 is 0 Å². The maximum atomic E-state index is 2.52. The van der Waals surface area contributed by atoms with Gasteiger partial charge in [-0.05, 0) is 88.7 Å². The van der Waals surface area contributed by atoms with Crippen LogP contribution in [0.4, 0.5) is 0 Å². The monoisotopic (exact) mass is 411 g/mol. The van der Waals surface area contributed by atoms with E-state index in [9.17, 15) is 0 Å². The Morgan fingerprint density at radius 3 is 1.88 bits per heavy atom. The molecular weight excluding hydrogens is 384 g/mol. The van der Waals surface area contributed by atoms with Crippen LogP contribution >= 0.6 is 0 Å². The minimum Gasteiger partial charge on any atom is -0.0672 e. The third-order valence-electron chi connectivity index (χ3n) is 7.78. The average Bonchev–Trinajstić information content (AvgIpc) is 3.29. The predicted octanol–water partition coefficient (Wildman–Crippen LogP) is 8.78. The fraction of sp³-hybridized carbons (Fsp3) is 0.156. The summed E-state index contributed by atoms with van der Waals surface area (Å²) < 4.78 is 0. The van der Waals surface area contributed by atoms with E-state index in [1.54, 1.807) is 0 Å². The number of hydrogen-bond donors (Lipinski definition) is 0. The van der Waals surface area contributed by atoms with Crippen LogP contribution in [0.3, 0.4) is 0 Å². The van der Waals surface area contributed by atoms with Gasteiger partial charge in [0.15, 0.2) is 0 Å². The Morgan fingerprint density at radius 1 is 0.531 bits per heavy atom. The molecule has 0 heterocycles. The molecule has 0 spiro atoms. The third-order valence-corrected chi connectivity index (χ3v) is 7.78. The van der Waals surface area contributed by atoms with E-state index in [4.69, 9.17) is 0 Å². The molecule has 0 heteroatoms. The number of benzene rings is 4. The van der Waals surface area contributed by atoms with Crippen molar-refractivity contribution in [2.45, 2.75) is 33.6 Å². The molecule has 0 fully saturated rings. The van der Waals surface area contributed by atoms with Crippen molar-refractivity contribution < 1.29 is 0 Å². The molecule has 0 aliphatic heterocycles. The van der Waals surface area contributed by atoms with Gasteiger partial charge in [0, 0.05) is 11.8 Å². The van der Waals surface area contributed by atoms with Crippen molar-refractivity contribution in [3.8, 4) is 0 Å². The molecule has 0 aromatic heterocycles. The Morgan fingerprint density at radius 2 is 1.12 bits per heavy atom. The molecule has 0 N–H and O–H groups in total. The van der Waals surface area contributed by atoms with Gasteiger partial charge in [-0.3, -0.25) is 0 Å². The first-order valence-corrected chi connectivity index (χ1v) is 11.5. The van der Waals surface area contributed by atoms with Crippen LogP contribution in [0.5, 0.6) is 0 Å². The van der Waals surface area contributed by atoms with Crippen molar-refractivity contribution >= 4 is 27.1 Å². The first-order valence-electron chi connectivity index (χ1n) is 11.5. The summed E-state index contributed by atoms with van der Waals surface area (Å²) in [6.45, 7) is 9.13. The molecule has 0 saturated heterocycles. The standard InChI is InChI=1S/C32H27/c1-19-20(2)22(4)32(21(19)3)31-18-30(27-15-9-10-16-28(27)31)29-17-23-11-5-6-12-24(23)25-13-7-8-14-26(25)29/h5-18,31H,1-4H3. The van der Waals surface area contributed by atoms with Crippen LogP contribution < -0.4 is 0 Å². The summed E-state index contributed by atoms with van der Waals surface area (Å²) in [5.74, 6) is 1.80. The Hall–Kier alpha value is -3.38. The predicted molar refractivity (Wildman–Crippen MR) is 138 cm³/mol. The Labute approximate surface area is 190 Å². The minimum absolute atomic E-state index is 0.304. The molecule has 4 aromatic rings. The van der Waals surface area contributed by atoms with Crippen molar-refractivity contribution in [2.75, 3.05) is 0 Å². The summed E-state index contributed by atoms with van der Waals surface area (Å²) in [5, 5.41) is 5.28. The lowest BCUT2D eigenvalue weighted by Crippen LogP contribution is -2.08. The normalized spacial score (nSPS) is 18.8. The van der Waals surface area contributed by atoms with Crippen LogP contribution in [0.15, 0.2) is 107 Å². The second-order valence-corrected chi connectivity index (χ2v) is 9.25. The fourth-order valence-corrected chi connectivity index (χ4v) is 5.82. The molecule has 6 rings (SSSR count). The number of allylic oxidation sites excluding steroid dienone is 5. The molecule has 0 bridgehead atoms. The van der Waals surface area contributed by atoms with Gasteiger partial charge in [-0.2, -0.15) is 0 Å². The molecule has 32 heavy (non-hydrogen) atoms. The second kappa shape index (κ2) is 7.07. The van der Waals surface area contributed by atoms with Crippen LogP contribution in [-0.2, 0) is 0 Å². The van der Waals surface area contributed by atoms with Crippen molar-refractivity contribution in [2.24, 2.45) is 0 Å². The Bertz CT molecular complexity index is 1480. The molecule has 1 unspecified atom stereocenters. The lowest BCUT2D eigenvalue weighted by atomic mass is 9.81. The van der Waals surface area contributed by atoms with Crippen molar-refractivity contribution in [1.29, 1.82) is 0 Å². The third kappa shape index (κ3) is 2.62. The summed E-state index contributed by atoms with van der Waals surface area (Å²) in [6, 6.07) is 29.0. The van der Waals surface area contributed by atoms with Gasteiger partial charge in [-0.15, -0.1) is 0 Å². The molecule has 1 radical (unpaired) electrons. The quantitative estimate of drug-likeness (QED) is 0.289. The zero-order chi connectivity index (χ0) is 22.0. The molecule has 2 aliphatic rings. The van der Waals surface area contributed by atoms with Crippen LogP contribution in [0.2, 0.25) is 0 Å². The summed E-state index contributed by atoms with van der Waals surface area (Å²) in [7, 11) is 0. The van der Waals surface area contributed by atoms with Gasteiger partial charge in [0.2, 0.25) is 0 Å². The summed E-state index contributed by atoms with van der Waals surface area (Å²) in [5.41, 5.74) is 11.3. The Balaban J connectivity index is 1.63. The van der Waals surface area contributed by atoms with Gasteiger partial charge in [0.05, 0.1) is 0 Å². The van der Waals surface area contributed by atoms with Gasteiger partial charge in [-0.25, -0.2) is 0 Å².